The number of rotatable bonds is 9. The van der Waals surface area contributed by atoms with Gasteiger partial charge in [0.05, 0.1) is 12.7 Å². The predicted octanol–water partition coefficient (Wildman–Crippen LogP) is 2.04. The molecular formula is C29H28FNO9. The van der Waals surface area contributed by atoms with E-state index in [4.69, 9.17) is 4.74 Å². The smallest absolute Gasteiger partial charge is 0.348 e. The Morgan fingerprint density at radius 3 is 1.73 bits per heavy atom. The third-order valence-corrected chi connectivity index (χ3v) is 6.42. The summed E-state index contributed by atoms with van der Waals surface area (Å²) < 4.78 is 19.1. The summed E-state index contributed by atoms with van der Waals surface area (Å²) in [4.78, 5) is 48.5. The van der Waals surface area contributed by atoms with Gasteiger partial charge in [0.25, 0.3) is 11.2 Å². The molecule has 210 valence electrons. The molecule has 0 radical (unpaired) electrons. The first kappa shape index (κ1) is 30.3. The van der Waals surface area contributed by atoms with Crippen LogP contribution >= 0.6 is 0 Å². The van der Waals surface area contributed by atoms with Crippen LogP contribution in [0.2, 0.25) is 0 Å². The number of ether oxygens (including phenoxy) is 1. The lowest BCUT2D eigenvalue weighted by molar-refractivity contribution is -0.187. The number of aliphatic hydroxyl groups is 2. The molecule has 0 fully saturated rings. The fourth-order valence-corrected chi connectivity index (χ4v) is 4.33. The number of Topliss-reactive ketones (excluding diaryl/α,β-unsaturated/α-hetero) is 2. The van der Waals surface area contributed by atoms with Crippen LogP contribution < -0.4 is 5.32 Å². The second-order valence-corrected chi connectivity index (χ2v) is 8.90. The molecule has 0 saturated heterocycles. The molecular weight excluding hydrogens is 525 g/mol. The number of carboxylic acid groups (broad SMARTS) is 2. The van der Waals surface area contributed by atoms with E-state index in [9.17, 15) is 44.0 Å². The van der Waals surface area contributed by atoms with Crippen molar-refractivity contribution in [1.29, 1.82) is 0 Å². The summed E-state index contributed by atoms with van der Waals surface area (Å²) in [5.41, 5.74) is -6.87. The monoisotopic (exact) mass is 553 g/mol. The highest BCUT2D eigenvalue weighted by Gasteiger charge is 2.69. The maximum absolute atomic E-state index is 13.5. The number of likely N-dealkylation sites (N-methyl/N-ethyl adjacent to an activating group) is 1. The fourth-order valence-electron chi connectivity index (χ4n) is 4.33. The average Bonchev–Trinajstić information content (AvgIpc) is 2.97. The van der Waals surface area contributed by atoms with Crippen LogP contribution in [-0.4, -0.2) is 75.3 Å². The number of carboxylic acids is 2. The summed E-state index contributed by atoms with van der Waals surface area (Å²) in [6.07, 6.45) is 0.678. The van der Waals surface area contributed by atoms with Gasteiger partial charge in [0, 0.05) is 23.2 Å². The van der Waals surface area contributed by atoms with Crippen LogP contribution in [0.3, 0.4) is 0 Å². The van der Waals surface area contributed by atoms with Gasteiger partial charge >= 0.3 is 11.9 Å². The number of aliphatic carboxylic acids is 2. The van der Waals surface area contributed by atoms with E-state index in [0.29, 0.717) is 13.2 Å². The highest BCUT2D eigenvalue weighted by molar-refractivity contribution is 6.28. The number of hydrogen-bond acceptors (Lipinski definition) is 8. The first-order valence-electron chi connectivity index (χ1n) is 12.1. The minimum atomic E-state index is -3.95. The third kappa shape index (κ3) is 5.68. The van der Waals surface area contributed by atoms with Crippen LogP contribution in [-0.2, 0) is 20.7 Å². The second kappa shape index (κ2) is 12.7. The Bertz CT molecular complexity index is 1310. The van der Waals surface area contributed by atoms with Gasteiger partial charge in [0.2, 0.25) is 11.6 Å². The Labute approximate surface area is 228 Å². The van der Waals surface area contributed by atoms with E-state index in [1.54, 1.807) is 6.07 Å². The van der Waals surface area contributed by atoms with Gasteiger partial charge in [0.15, 0.2) is 0 Å². The van der Waals surface area contributed by atoms with Gasteiger partial charge in [-0.05, 0) is 25.1 Å². The van der Waals surface area contributed by atoms with Crippen molar-refractivity contribution < 1.29 is 48.7 Å². The van der Waals surface area contributed by atoms with E-state index in [2.05, 4.69) is 5.32 Å². The number of carbonyl (C=O) groups excluding carboxylic acids is 2. The number of halogens is 1. The minimum absolute atomic E-state index is 0.134. The summed E-state index contributed by atoms with van der Waals surface area (Å²) in [6.45, 7) is 1.34. The van der Waals surface area contributed by atoms with Crippen LogP contribution in [0.5, 0.6) is 0 Å². The van der Waals surface area contributed by atoms with E-state index >= 15 is 0 Å². The molecule has 1 heterocycles. The van der Waals surface area contributed by atoms with Crippen LogP contribution in [0, 0.1) is 5.82 Å². The number of ketones is 2. The van der Waals surface area contributed by atoms with Crippen LogP contribution in [0.4, 0.5) is 4.39 Å². The number of hydrogen-bond donors (Lipinski definition) is 5. The normalized spacial score (nSPS) is 17.1. The van der Waals surface area contributed by atoms with Crippen molar-refractivity contribution in [3.8, 4) is 0 Å². The number of nitrogens with one attached hydrogen (secondary N) is 1. The topological polar surface area (TPSA) is 170 Å². The zero-order chi connectivity index (χ0) is 29.5. The first-order valence-corrected chi connectivity index (χ1v) is 12.1. The summed E-state index contributed by atoms with van der Waals surface area (Å²) in [5.74, 6) is -8.18. The molecule has 0 spiro atoms. The first-order chi connectivity index (χ1) is 19.0. The maximum atomic E-state index is 13.5. The number of benzene rings is 3. The zero-order valence-corrected chi connectivity index (χ0v) is 21.4. The molecule has 2 unspecified atom stereocenters. The Morgan fingerprint density at radius 2 is 1.30 bits per heavy atom. The van der Waals surface area contributed by atoms with Crippen LogP contribution in [0.25, 0.3) is 0 Å². The number of carbonyl (C=O) groups is 4. The molecule has 3 atom stereocenters. The van der Waals surface area contributed by atoms with E-state index in [-0.39, 0.29) is 11.9 Å². The minimum Gasteiger partial charge on any atom is -0.479 e. The lowest BCUT2D eigenvalue weighted by atomic mass is 9.73. The molecule has 0 aromatic heterocycles. The van der Waals surface area contributed by atoms with Gasteiger partial charge < -0.3 is 30.5 Å². The Morgan fingerprint density at radius 1 is 0.825 bits per heavy atom. The van der Waals surface area contributed by atoms with Crippen molar-refractivity contribution in [2.45, 2.75) is 23.7 Å². The molecule has 0 bridgehead atoms. The van der Waals surface area contributed by atoms with Crippen molar-refractivity contribution in [2.24, 2.45) is 0 Å². The molecule has 40 heavy (non-hydrogen) atoms. The Balaban J connectivity index is 0.000000263. The van der Waals surface area contributed by atoms with Crippen molar-refractivity contribution in [3.63, 3.8) is 0 Å². The third-order valence-electron chi connectivity index (χ3n) is 6.42. The fraction of sp³-hybridized carbons (Fsp3) is 0.241. The Kier molecular flexibility index (Phi) is 9.61. The molecule has 0 aliphatic carbocycles. The summed E-state index contributed by atoms with van der Waals surface area (Å²) >= 11 is 0. The van der Waals surface area contributed by atoms with Crippen LogP contribution in [0.1, 0.15) is 37.9 Å². The molecule has 0 saturated carbocycles. The van der Waals surface area contributed by atoms with Crippen molar-refractivity contribution in [3.05, 3.63) is 107 Å². The average molecular weight is 554 g/mol. The standard InChI is InChI=1S/C18H14O8.C11H14FNO/c19-13(11-7-3-1-4-8-11)17(25,15(21)22)18(26,16(23)24)14(20)12-9-5-2-6-10-12;1-13-7-10-11-8(5-6-14-10)3-2-4-9(11)12/h1-10,25-26H,(H,21,22)(H,23,24);2-4,10,13H,5-7H2,1H3/t;10-/m.0/s1. The van der Waals surface area contributed by atoms with Crippen molar-refractivity contribution >= 4 is 23.5 Å². The summed E-state index contributed by atoms with van der Waals surface area (Å²) in [6, 6.07) is 18.1. The molecule has 3 aromatic rings. The molecule has 4 rings (SSSR count). The van der Waals surface area contributed by atoms with Crippen LogP contribution in [0.15, 0.2) is 78.9 Å². The van der Waals surface area contributed by atoms with Gasteiger partial charge in [-0.25, -0.2) is 14.0 Å². The Hall–Kier alpha value is -4.29. The quantitative estimate of drug-likeness (QED) is 0.195. The summed E-state index contributed by atoms with van der Waals surface area (Å²) in [7, 11) is 1.85. The molecule has 5 N–H and O–H groups in total. The van der Waals surface area contributed by atoms with E-state index in [0.717, 1.165) is 41.8 Å². The SMILES string of the molecule is CNC[C@@H]1OCCc2cccc(F)c21.O=C(O)C(O)(C(=O)c1ccccc1)C(O)(C(=O)O)C(=O)c1ccccc1. The van der Waals surface area contributed by atoms with Crippen molar-refractivity contribution in [2.75, 3.05) is 20.2 Å². The molecule has 3 aromatic carbocycles. The second-order valence-electron chi connectivity index (χ2n) is 8.90. The highest BCUT2D eigenvalue weighted by Crippen LogP contribution is 2.32. The van der Waals surface area contributed by atoms with Gasteiger partial charge in [-0.15, -0.1) is 0 Å². The number of fused-ring (bicyclic) bond motifs is 1. The van der Waals surface area contributed by atoms with Gasteiger partial charge in [-0.1, -0.05) is 72.8 Å². The zero-order valence-electron chi connectivity index (χ0n) is 21.4. The van der Waals surface area contributed by atoms with Gasteiger partial charge in [-0.3, -0.25) is 9.59 Å². The lowest BCUT2D eigenvalue weighted by Gasteiger charge is -2.34. The van der Waals surface area contributed by atoms with Gasteiger partial charge in [0.1, 0.15) is 5.82 Å². The molecule has 11 heteroatoms. The maximum Gasteiger partial charge on any atom is 0.348 e. The highest BCUT2D eigenvalue weighted by atomic mass is 19.1. The lowest BCUT2D eigenvalue weighted by Crippen LogP contribution is -2.71. The molecule has 1 aliphatic rings. The van der Waals surface area contributed by atoms with E-state index < -0.39 is 45.8 Å². The summed E-state index contributed by atoms with van der Waals surface area (Å²) in [5, 5.41) is 42.9. The van der Waals surface area contributed by atoms with Gasteiger partial charge in [-0.2, -0.15) is 0 Å². The molecule has 1 aliphatic heterocycles. The molecule has 0 amide bonds. The van der Waals surface area contributed by atoms with E-state index in [1.165, 1.54) is 42.5 Å². The molecule has 10 nitrogen and oxygen atoms in total. The predicted molar refractivity (Wildman–Crippen MR) is 139 cm³/mol. The van der Waals surface area contributed by atoms with Crippen molar-refractivity contribution in [1.82, 2.24) is 5.32 Å². The largest absolute Gasteiger partial charge is 0.479 e. The van der Waals surface area contributed by atoms with E-state index in [1.807, 2.05) is 13.1 Å².